The minimum atomic E-state index is -1.28. The summed E-state index contributed by atoms with van der Waals surface area (Å²) in [6, 6.07) is 0. The molecule has 1 rings (SSSR count). The molecule has 0 aliphatic heterocycles. The van der Waals surface area contributed by atoms with Gasteiger partial charge in [-0.05, 0) is 23.6 Å². The largest absolute Gasteiger partial charge is 0.381 e. The van der Waals surface area contributed by atoms with Crippen LogP contribution >= 0.6 is 0 Å². The first kappa shape index (κ1) is 9.86. The predicted molar refractivity (Wildman–Crippen MR) is 48.1 cm³/mol. The number of Topliss-reactive ketones (excluding diaryl/α,β-unsaturated/α-hetero) is 1. The van der Waals surface area contributed by atoms with Crippen LogP contribution in [0.3, 0.4) is 0 Å². The van der Waals surface area contributed by atoms with Crippen LogP contribution in [0.4, 0.5) is 0 Å². The van der Waals surface area contributed by atoms with E-state index in [9.17, 15) is 9.59 Å². The summed E-state index contributed by atoms with van der Waals surface area (Å²) in [4.78, 5) is 22.1. The molecule has 0 saturated carbocycles. The van der Waals surface area contributed by atoms with E-state index < -0.39 is 17.7 Å². The van der Waals surface area contributed by atoms with Gasteiger partial charge in [-0.1, -0.05) is 19.9 Å². The van der Waals surface area contributed by atoms with Gasteiger partial charge in [0.2, 0.25) is 11.6 Å². The summed E-state index contributed by atoms with van der Waals surface area (Å²) >= 11 is 0. The van der Waals surface area contributed by atoms with Crippen molar-refractivity contribution >= 4 is 11.6 Å². The molecule has 0 bridgehead atoms. The minimum Gasteiger partial charge on any atom is -0.381 e. The molecule has 1 aliphatic rings. The monoisotopic (exact) mass is 180 g/mol. The molecule has 0 radical (unpaired) electrons. The molecular formula is C10H12O3. The zero-order chi connectivity index (χ0) is 10.0. The maximum Gasteiger partial charge on any atom is 0.234 e. The van der Waals surface area contributed by atoms with E-state index in [2.05, 4.69) is 0 Å². The average Bonchev–Trinajstić information content (AvgIpc) is 2.19. The maximum absolute atomic E-state index is 11.1. The first-order valence-electron chi connectivity index (χ1n) is 4.18. The maximum atomic E-state index is 11.1. The van der Waals surface area contributed by atoms with E-state index in [1.807, 2.05) is 13.8 Å². The van der Waals surface area contributed by atoms with Crippen molar-refractivity contribution in [2.45, 2.75) is 20.0 Å². The van der Waals surface area contributed by atoms with Crippen LogP contribution in [0.2, 0.25) is 0 Å². The number of ketones is 2. The quantitative estimate of drug-likeness (QED) is 0.602. The molecule has 0 aromatic heterocycles. The van der Waals surface area contributed by atoms with Gasteiger partial charge >= 0.3 is 0 Å². The summed E-state index contributed by atoms with van der Waals surface area (Å²) in [5.41, 5.74) is 0.773. The SMILES string of the molecule is CC(C)C1=CC(=O)C(=O)C(O)C=C1. The van der Waals surface area contributed by atoms with Crippen molar-refractivity contribution in [2.24, 2.45) is 5.92 Å². The molecule has 1 N–H and O–H groups in total. The van der Waals surface area contributed by atoms with E-state index in [1.165, 1.54) is 12.2 Å². The number of allylic oxidation sites excluding steroid dienone is 3. The third-order valence-electron chi connectivity index (χ3n) is 1.95. The van der Waals surface area contributed by atoms with Crippen LogP contribution in [0.5, 0.6) is 0 Å². The summed E-state index contributed by atoms with van der Waals surface area (Å²) in [6.45, 7) is 3.84. The lowest BCUT2D eigenvalue weighted by molar-refractivity contribution is -0.137. The third-order valence-corrected chi connectivity index (χ3v) is 1.95. The van der Waals surface area contributed by atoms with Gasteiger partial charge < -0.3 is 5.11 Å². The van der Waals surface area contributed by atoms with Crippen molar-refractivity contribution < 1.29 is 14.7 Å². The molecule has 1 aliphatic carbocycles. The smallest absolute Gasteiger partial charge is 0.234 e. The van der Waals surface area contributed by atoms with Gasteiger partial charge in [0.15, 0.2) is 0 Å². The Morgan fingerprint density at radius 3 is 2.54 bits per heavy atom. The van der Waals surface area contributed by atoms with E-state index in [-0.39, 0.29) is 5.92 Å². The zero-order valence-electron chi connectivity index (χ0n) is 7.65. The molecule has 70 valence electrons. The second kappa shape index (κ2) is 3.66. The summed E-state index contributed by atoms with van der Waals surface area (Å²) in [5, 5.41) is 9.14. The Kier molecular flexibility index (Phi) is 2.78. The van der Waals surface area contributed by atoms with Gasteiger partial charge in [0, 0.05) is 0 Å². The average molecular weight is 180 g/mol. The summed E-state index contributed by atoms with van der Waals surface area (Å²) in [5.74, 6) is -1.20. The molecule has 1 atom stereocenters. The normalized spacial score (nSPS) is 23.4. The number of carbonyl (C=O) groups is 2. The fourth-order valence-corrected chi connectivity index (χ4v) is 1.07. The van der Waals surface area contributed by atoms with Crippen LogP contribution < -0.4 is 0 Å². The molecule has 3 nitrogen and oxygen atoms in total. The highest BCUT2D eigenvalue weighted by Crippen LogP contribution is 2.14. The molecule has 3 heteroatoms. The number of rotatable bonds is 1. The van der Waals surface area contributed by atoms with Crippen LogP contribution in [-0.2, 0) is 9.59 Å². The van der Waals surface area contributed by atoms with E-state index in [0.717, 1.165) is 5.57 Å². The standard InChI is InChI=1S/C10H12O3/c1-6(2)7-3-4-8(11)10(13)9(12)5-7/h3-6,8,11H,1-2H3. The Hall–Kier alpha value is -1.22. The molecule has 0 aromatic rings. The van der Waals surface area contributed by atoms with Crippen LogP contribution in [0, 0.1) is 5.92 Å². The van der Waals surface area contributed by atoms with Crippen molar-refractivity contribution in [2.75, 3.05) is 0 Å². The van der Waals surface area contributed by atoms with E-state index in [1.54, 1.807) is 6.08 Å². The zero-order valence-corrected chi connectivity index (χ0v) is 7.65. The predicted octanol–water partition coefficient (Wildman–Crippen LogP) is 0.638. The fourth-order valence-electron chi connectivity index (χ4n) is 1.07. The highest BCUT2D eigenvalue weighted by Gasteiger charge is 2.22. The second-order valence-electron chi connectivity index (χ2n) is 3.33. The van der Waals surface area contributed by atoms with Crippen molar-refractivity contribution in [3.63, 3.8) is 0 Å². The van der Waals surface area contributed by atoms with Crippen LogP contribution in [0.1, 0.15) is 13.8 Å². The van der Waals surface area contributed by atoms with Crippen LogP contribution in [0.25, 0.3) is 0 Å². The number of aliphatic hydroxyl groups excluding tert-OH is 1. The lowest BCUT2D eigenvalue weighted by atomic mass is 10.0. The molecular weight excluding hydrogens is 168 g/mol. The molecule has 0 amide bonds. The molecule has 0 saturated heterocycles. The number of hydrogen-bond acceptors (Lipinski definition) is 3. The topological polar surface area (TPSA) is 54.4 Å². The lowest BCUT2D eigenvalue weighted by Crippen LogP contribution is -2.24. The van der Waals surface area contributed by atoms with E-state index in [0.29, 0.717) is 0 Å². The molecule has 0 fully saturated rings. The summed E-state index contributed by atoms with van der Waals surface area (Å²) in [6.07, 6.45) is 2.98. The molecule has 0 spiro atoms. The Morgan fingerprint density at radius 1 is 1.38 bits per heavy atom. The third kappa shape index (κ3) is 2.12. The number of hydrogen-bond donors (Lipinski definition) is 1. The van der Waals surface area contributed by atoms with Gasteiger partial charge in [-0.25, -0.2) is 0 Å². The first-order chi connectivity index (χ1) is 6.02. The van der Waals surface area contributed by atoms with Gasteiger partial charge in [0.1, 0.15) is 6.10 Å². The van der Waals surface area contributed by atoms with Crippen molar-refractivity contribution in [3.8, 4) is 0 Å². The van der Waals surface area contributed by atoms with E-state index >= 15 is 0 Å². The van der Waals surface area contributed by atoms with Gasteiger partial charge in [-0.3, -0.25) is 9.59 Å². The van der Waals surface area contributed by atoms with Crippen LogP contribution in [-0.4, -0.2) is 22.8 Å². The highest BCUT2D eigenvalue weighted by atomic mass is 16.3. The van der Waals surface area contributed by atoms with Gasteiger partial charge in [-0.15, -0.1) is 0 Å². The van der Waals surface area contributed by atoms with Crippen molar-refractivity contribution in [1.82, 2.24) is 0 Å². The van der Waals surface area contributed by atoms with E-state index in [4.69, 9.17) is 5.11 Å². The first-order valence-corrected chi connectivity index (χ1v) is 4.18. The minimum absolute atomic E-state index is 0.179. The number of carbonyl (C=O) groups excluding carboxylic acids is 2. The molecule has 1 unspecified atom stereocenters. The van der Waals surface area contributed by atoms with Gasteiger partial charge in [0.05, 0.1) is 0 Å². The summed E-state index contributed by atoms with van der Waals surface area (Å²) < 4.78 is 0. The Bertz CT molecular complexity index is 297. The van der Waals surface area contributed by atoms with Gasteiger partial charge in [-0.2, -0.15) is 0 Å². The molecule has 0 aromatic carbocycles. The Labute approximate surface area is 76.8 Å². The van der Waals surface area contributed by atoms with Gasteiger partial charge in [0.25, 0.3) is 0 Å². The highest BCUT2D eigenvalue weighted by molar-refractivity contribution is 6.43. The fraction of sp³-hybridized carbons (Fsp3) is 0.400. The lowest BCUT2D eigenvalue weighted by Gasteiger charge is -2.02. The Balaban J connectivity index is 3.01. The van der Waals surface area contributed by atoms with Crippen molar-refractivity contribution in [3.05, 3.63) is 23.8 Å². The second-order valence-corrected chi connectivity index (χ2v) is 3.33. The summed E-state index contributed by atoms with van der Waals surface area (Å²) in [7, 11) is 0. The number of aliphatic hydroxyl groups is 1. The molecule has 13 heavy (non-hydrogen) atoms. The van der Waals surface area contributed by atoms with Crippen molar-refractivity contribution in [1.29, 1.82) is 0 Å². The Morgan fingerprint density at radius 2 is 2.00 bits per heavy atom. The van der Waals surface area contributed by atoms with Crippen LogP contribution in [0.15, 0.2) is 23.8 Å². The molecule has 0 heterocycles.